The predicted octanol–water partition coefficient (Wildman–Crippen LogP) is 1.69. The third-order valence-corrected chi connectivity index (χ3v) is 2.58. The molecule has 0 radical (unpaired) electrons. The van der Waals surface area contributed by atoms with Gasteiger partial charge in [-0.2, -0.15) is 0 Å². The lowest BCUT2D eigenvalue weighted by atomic mass is 9.99. The maximum absolute atomic E-state index is 11.4. The van der Waals surface area contributed by atoms with Crippen molar-refractivity contribution < 1.29 is 14.3 Å². The van der Waals surface area contributed by atoms with E-state index in [1.54, 1.807) is 30.5 Å². The van der Waals surface area contributed by atoms with Crippen LogP contribution in [0.3, 0.4) is 0 Å². The van der Waals surface area contributed by atoms with Gasteiger partial charge in [0, 0.05) is 11.6 Å². The van der Waals surface area contributed by atoms with E-state index < -0.39 is 11.9 Å². The van der Waals surface area contributed by atoms with Gasteiger partial charge < -0.3 is 9.53 Å². The van der Waals surface area contributed by atoms with Gasteiger partial charge in [0.05, 0.1) is 12.6 Å². The predicted molar refractivity (Wildman–Crippen MR) is 62.6 cm³/mol. The summed E-state index contributed by atoms with van der Waals surface area (Å²) >= 11 is 0. The number of carbonyl (C=O) groups excluding carboxylic acids is 2. The zero-order valence-electron chi connectivity index (χ0n) is 9.29. The van der Waals surface area contributed by atoms with Crippen LogP contribution < -0.4 is 0 Å². The molecule has 1 atom stereocenters. The number of fused-ring (bicyclic) bond motifs is 1. The van der Waals surface area contributed by atoms with Crippen molar-refractivity contribution in [3.63, 3.8) is 0 Å². The van der Waals surface area contributed by atoms with Crippen LogP contribution in [0.15, 0.2) is 36.5 Å². The number of ether oxygens (including phenoxy) is 1. The van der Waals surface area contributed by atoms with Crippen LogP contribution in [0.1, 0.15) is 11.5 Å². The van der Waals surface area contributed by atoms with E-state index in [2.05, 4.69) is 9.72 Å². The summed E-state index contributed by atoms with van der Waals surface area (Å²) in [4.78, 5) is 26.5. The van der Waals surface area contributed by atoms with Gasteiger partial charge in [-0.05, 0) is 23.8 Å². The zero-order valence-corrected chi connectivity index (χ0v) is 9.29. The molecule has 2 aromatic rings. The summed E-state index contributed by atoms with van der Waals surface area (Å²) in [6.07, 6.45) is 2.28. The number of nitrogens with zero attached hydrogens (tertiary/aromatic N) is 1. The van der Waals surface area contributed by atoms with Crippen molar-refractivity contribution in [2.75, 3.05) is 7.11 Å². The minimum atomic E-state index is -0.871. The van der Waals surface area contributed by atoms with Gasteiger partial charge in [0.2, 0.25) is 0 Å². The topological polar surface area (TPSA) is 56.3 Å². The smallest absolute Gasteiger partial charge is 0.320 e. The number of benzene rings is 1. The number of hydrogen-bond acceptors (Lipinski definition) is 4. The molecule has 1 heterocycles. The van der Waals surface area contributed by atoms with E-state index in [4.69, 9.17) is 0 Å². The van der Waals surface area contributed by atoms with Crippen LogP contribution in [0.2, 0.25) is 0 Å². The van der Waals surface area contributed by atoms with Gasteiger partial charge in [-0.25, -0.2) is 0 Å². The molecule has 2 rings (SSSR count). The maximum Gasteiger partial charge on any atom is 0.320 e. The normalized spacial score (nSPS) is 12.1. The number of aromatic nitrogens is 1. The maximum atomic E-state index is 11.4. The molecule has 0 bridgehead atoms. The van der Waals surface area contributed by atoms with Crippen LogP contribution in [0, 0.1) is 0 Å². The molecule has 0 saturated heterocycles. The van der Waals surface area contributed by atoms with Gasteiger partial charge in [0.25, 0.3) is 0 Å². The van der Waals surface area contributed by atoms with Gasteiger partial charge in [-0.3, -0.25) is 9.78 Å². The highest BCUT2D eigenvalue weighted by molar-refractivity contribution is 5.95. The van der Waals surface area contributed by atoms with Crippen LogP contribution in [-0.2, 0) is 14.3 Å². The molecule has 0 saturated carbocycles. The number of esters is 1. The molecule has 0 N–H and O–H groups in total. The van der Waals surface area contributed by atoms with Crippen LogP contribution in [-0.4, -0.2) is 24.3 Å². The van der Waals surface area contributed by atoms with Crippen molar-refractivity contribution in [1.82, 2.24) is 4.98 Å². The summed E-state index contributed by atoms with van der Waals surface area (Å²) in [6.45, 7) is 0. The van der Waals surface area contributed by atoms with Gasteiger partial charge >= 0.3 is 5.97 Å². The fourth-order valence-corrected chi connectivity index (χ4v) is 1.68. The second kappa shape index (κ2) is 4.74. The highest BCUT2D eigenvalue weighted by Crippen LogP contribution is 2.20. The average Bonchev–Trinajstić information content (AvgIpc) is 2.39. The first-order valence-corrected chi connectivity index (χ1v) is 5.14. The number of carbonyl (C=O) groups is 2. The first-order chi connectivity index (χ1) is 8.26. The first kappa shape index (κ1) is 11.3. The Hall–Kier alpha value is -2.23. The average molecular weight is 229 g/mol. The van der Waals surface area contributed by atoms with E-state index in [1.807, 2.05) is 6.07 Å². The van der Waals surface area contributed by atoms with Gasteiger partial charge in [-0.1, -0.05) is 12.1 Å². The van der Waals surface area contributed by atoms with Crippen LogP contribution in [0.4, 0.5) is 0 Å². The molecule has 1 aromatic carbocycles. The fraction of sp³-hybridized carbons (Fsp3) is 0.154. The standard InChI is InChI=1S/C13H11NO3/c1-17-13(16)11(8-15)9-4-5-12-10(7-9)3-2-6-14-12/h2-8,11H,1H3. The Balaban J connectivity index is 2.47. The molecule has 4 heteroatoms. The van der Waals surface area contributed by atoms with Crippen molar-refractivity contribution in [1.29, 1.82) is 0 Å². The van der Waals surface area contributed by atoms with Crippen molar-refractivity contribution in [3.8, 4) is 0 Å². The second-order valence-corrected chi connectivity index (χ2v) is 3.59. The zero-order chi connectivity index (χ0) is 12.3. The van der Waals surface area contributed by atoms with Gasteiger partial charge in [0.1, 0.15) is 12.2 Å². The van der Waals surface area contributed by atoms with E-state index in [1.165, 1.54) is 7.11 Å². The molecule has 0 spiro atoms. The Morgan fingerprint density at radius 3 is 2.94 bits per heavy atom. The molecule has 0 aliphatic rings. The summed E-state index contributed by atoms with van der Waals surface area (Å²) in [5.74, 6) is -1.42. The molecule has 86 valence electrons. The summed E-state index contributed by atoms with van der Waals surface area (Å²) in [6, 6.07) is 8.96. The highest BCUT2D eigenvalue weighted by atomic mass is 16.5. The third-order valence-electron chi connectivity index (χ3n) is 2.58. The lowest BCUT2D eigenvalue weighted by molar-refractivity contribution is -0.143. The SMILES string of the molecule is COC(=O)C(C=O)c1ccc2ncccc2c1. The van der Waals surface area contributed by atoms with Crippen LogP contribution in [0.5, 0.6) is 0 Å². The van der Waals surface area contributed by atoms with Gasteiger partial charge in [0.15, 0.2) is 0 Å². The van der Waals surface area contributed by atoms with Crippen LogP contribution in [0.25, 0.3) is 10.9 Å². The summed E-state index contributed by atoms with van der Waals surface area (Å²) in [5, 5.41) is 0.890. The van der Waals surface area contributed by atoms with E-state index in [9.17, 15) is 9.59 Å². The van der Waals surface area contributed by atoms with Crippen molar-refractivity contribution in [3.05, 3.63) is 42.1 Å². The second-order valence-electron chi connectivity index (χ2n) is 3.59. The van der Waals surface area contributed by atoms with E-state index in [0.717, 1.165) is 10.9 Å². The molecular weight excluding hydrogens is 218 g/mol. The Morgan fingerprint density at radius 1 is 1.41 bits per heavy atom. The minimum absolute atomic E-state index is 0.553. The molecule has 0 aliphatic carbocycles. The molecule has 17 heavy (non-hydrogen) atoms. The van der Waals surface area contributed by atoms with E-state index >= 15 is 0 Å². The van der Waals surface area contributed by atoms with Crippen molar-refractivity contribution >= 4 is 23.2 Å². The Labute approximate surface area is 98.2 Å². The molecule has 0 aliphatic heterocycles. The summed E-state index contributed by atoms with van der Waals surface area (Å²) in [5.41, 5.74) is 1.44. The minimum Gasteiger partial charge on any atom is -0.468 e. The van der Waals surface area contributed by atoms with E-state index in [0.29, 0.717) is 11.8 Å². The molecule has 0 fully saturated rings. The molecule has 4 nitrogen and oxygen atoms in total. The Kier molecular flexibility index (Phi) is 3.14. The number of rotatable bonds is 3. The molecule has 1 unspecified atom stereocenters. The quantitative estimate of drug-likeness (QED) is 0.456. The van der Waals surface area contributed by atoms with Crippen molar-refractivity contribution in [2.45, 2.75) is 5.92 Å². The number of methoxy groups -OCH3 is 1. The summed E-state index contributed by atoms with van der Waals surface area (Å²) in [7, 11) is 1.27. The van der Waals surface area contributed by atoms with E-state index in [-0.39, 0.29) is 0 Å². The monoisotopic (exact) mass is 229 g/mol. The lowest BCUT2D eigenvalue weighted by Crippen LogP contribution is -2.15. The fourth-order valence-electron chi connectivity index (χ4n) is 1.68. The molecule has 0 amide bonds. The van der Waals surface area contributed by atoms with Gasteiger partial charge in [-0.15, -0.1) is 0 Å². The third kappa shape index (κ3) is 2.15. The number of aldehydes is 1. The molecular formula is C13H11NO3. The number of hydrogen-bond donors (Lipinski definition) is 0. The Morgan fingerprint density at radius 2 is 2.24 bits per heavy atom. The highest BCUT2D eigenvalue weighted by Gasteiger charge is 2.20. The lowest BCUT2D eigenvalue weighted by Gasteiger charge is -2.08. The number of pyridine rings is 1. The molecule has 1 aromatic heterocycles. The van der Waals surface area contributed by atoms with Crippen molar-refractivity contribution in [2.24, 2.45) is 0 Å². The first-order valence-electron chi connectivity index (χ1n) is 5.14. The summed E-state index contributed by atoms with van der Waals surface area (Å²) < 4.78 is 4.58. The van der Waals surface area contributed by atoms with Crippen LogP contribution >= 0.6 is 0 Å². The Bertz CT molecular complexity index is 565. The largest absolute Gasteiger partial charge is 0.468 e.